The molecular weight excluding hydrogens is 256 g/mol. The van der Waals surface area contributed by atoms with Gasteiger partial charge in [-0.25, -0.2) is 0 Å². The Morgan fingerprint density at radius 2 is 1.71 bits per heavy atom. The van der Waals surface area contributed by atoms with Crippen LogP contribution in [-0.4, -0.2) is 18.5 Å². The molecule has 1 unspecified atom stereocenters. The molecule has 0 heterocycles. The van der Waals surface area contributed by atoms with Crippen LogP contribution in [0.25, 0.3) is 0 Å². The van der Waals surface area contributed by atoms with E-state index >= 15 is 0 Å². The number of likely N-dealkylation sites (N-methyl/N-ethyl adjacent to an activating group) is 1. The van der Waals surface area contributed by atoms with Crippen molar-refractivity contribution in [1.82, 2.24) is 4.90 Å². The largest absolute Gasteiger partial charge is 0.329 e. The lowest BCUT2D eigenvalue weighted by atomic mass is 10.0. The summed E-state index contributed by atoms with van der Waals surface area (Å²) in [4.78, 5) is 2.34. The maximum atomic E-state index is 6.03. The second kappa shape index (κ2) is 7.39. The van der Waals surface area contributed by atoms with E-state index in [0.29, 0.717) is 6.54 Å². The predicted octanol–water partition coefficient (Wildman–Crippen LogP) is 3.69. The summed E-state index contributed by atoms with van der Waals surface area (Å²) in [6.45, 7) is 5.90. The lowest BCUT2D eigenvalue weighted by molar-refractivity contribution is 0.241. The van der Waals surface area contributed by atoms with Crippen LogP contribution in [0.3, 0.4) is 0 Å². The van der Waals surface area contributed by atoms with Gasteiger partial charge in [0, 0.05) is 19.1 Å². The fourth-order valence-electron chi connectivity index (χ4n) is 2.71. The summed E-state index contributed by atoms with van der Waals surface area (Å²) in [5.74, 6) is 0. The van der Waals surface area contributed by atoms with E-state index in [1.165, 1.54) is 22.3 Å². The van der Waals surface area contributed by atoms with Crippen LogP contribution in [0.5, 0.6) is 0 Å². The van der Waals surface area contributed by atoms with Gasteiger partial charge >= 0.3 is 0 Å². The molecule has 0 aliphatic carbocycles. The van der Waals surface area contributed by atoms with Crippen molar-refractivity contribution in [3.8, 4) is 0 Å². The first kappa shape index (κ1) is 15.7. The molecule has 2 heteroatoms. The first-order valence-corrected chi connectivity index (χ1v) is 7.69. The Bertz CT molecular complexity index is 560. The second-order valence-corrected chi connectivity index (χ2v) is 5.69. The fourth-order valence-corrected chi connectivity index (χ4v) is 2.71. The van der Waals surface area contributed by atoms with Gasteiger partial charge in [-0.3, -0.25) is 4.90 Å². The minimum atomic E-state index is 0.260. The maximum absolute atomic E-state index is 6.03. The molecule has 0 radical (unpaired) electrons. The van der Waals surface area contributed by atoms with Gasteiger partial charge in [0.25, 0.3) is 0 Å². The normalized spacial score (nSPS) is 12.6. The molecule has 112 valence electrons. The van der Waals surface area contributed by atoms with Crippen LogP contribution in [0.1, 0.15) is 35.2 Å². The third-order valence-electron chi connectivity index (χ3n) is 4.21. The van der Waals surface area contributed by atoms with E-state index in [0.717, 1.165) is 13.0 Å². The molecule has 0 saturated carbocycles. The number of rotatable bonds is 6. The smallest absolute Gasteiger partial charge is 0.0470 e. The summed E-state index contributed by atoms with van der Waals surface area (Å²) < 4.78 is 0. The summed E-state index contributed by atoms with van der Waals surface area (Å²) in [6, 6.07) is 17.6. The van der Waals surface area contributed by atoms with E-state index < -0.39 is 0 Å². The SMILES string of the molecule is CCc1ccc(C(CN)N(C)Cc2ccccc2C)cc1. The molecule has 2 rings (SSSR count). The quantitative estimate of drug-likeness (QED) is 0.875. The van der Waals surface area contributed by atoms with Gasteiger partial charge in [-0.2, -0.15) is 0 Å². The number of hydrogen-bond donors (Lipinski definition) is 1. The van der Waals surface area contributed by atoms with Gasteiger partial charge in [0.2, 0.25) is 0 Å². The van der Waals surface area contributed by atoms with Crippen LogP contribution in [0, 0.1) is 6.92 Å². The Morgan fingerprint density at radius 3 is 2.29 bits per heavy atom. The molecule has 2 N–H and O–H groups in total. The third-order valence-corrected chi connectivity index (χ3v) is 4.21. The van der Waals surface area contributed by atoms with E-state index in [1.54, 1.807) is 0 Å². The molecule has 0 saturated heterocycles. The average Bonchev–Trinajstić information content (AvgIpc) is 2.51. The minimum Gasteiger partial charge on any atom is -0.329 e. The van der Waals surface area contributed by atoms with Gasteiger partial charge in [0.1, 0.15) is 0 Å². The van der Waals surface area contributed by atoms with E-state index in [2.05, 4.69) is 74.3 Å². The number of nitrogens with two attached hydrogens (primary N) is 1. The lowest BCUT2D eigenvalue weighted by Gasteiger charge is -2.28. The Kier molecular flexibility index (Phi) is 5.54. The van der Waals surface area contributed by atoms with Crippen molar-refractivity contribution in [2.45, 2.75) is 32.9 Å². The van der Waals surface area contributed by atoms with Crippen LogP contribution in [-0.2, 0) is 13.0 Å². The predicted molar refractivity (Wildman–Crippen MR) is 90.3 cm³/mol. The zero-order chi connectivity index (χ0) is 15.2. The Hall–Kier alpha value is -1.64. The van der Waals surface area contributed by atoms with Crippen molar-refractivity contribution in [3.05, 3.63) is 70.8 Å². The first-order chi connectivity index (χ1) is 10.2. The molecule has 21 heavy (non-hydrogen) atoms. The zero-order valence-corrected chi connectivity index (χ0v) is 13.3. The van der Waals surface area contributed by atoms with E-state index in [-0.39, 0.29) is 6.04 Å². The van der Waals surface area contributed by atoms with E-state index in [4.69, 9.17) is 5.73 Å². The Balaban J connectivity index is 2.14. The van der Waals surface area contributed by atoms with Crippen molar-refractivity contribution in [3.63, 3.8) is 0 Å². The number of benzene rings is 2. The molecule has 2 aromatic carbocycles. The van der Waals surface area contributed by atoms with Gasteiger partial charge in [-0.1, -0.05) is 55.5 Å². The van der Waals surface area contributed by atoms with E-state index in [9.17, 15) is 0 Å². The standard InChI is InChI=1S/C19H26N2/c1-4-16-9-11-17(12-10-16)19(13-20)21(3)14-18-8-6-5-7-15(18)2/h5-12,19H,4,13-14,20H2,1-3H3. The second-order valence-electron chi connectivity index (χ2n) is 5.69. The summed E-state index contributed by atoms with van der Waals surface area (Å²) in [6.07, 6.45) is 1.08. The molecule has 2 nitrogen and oxygen atoms in total. The molecule has 0 aromatic heterocycles. The highest BCUT2D eigenvalue weighted by molar-refractivity contribution is 5.27. The highest BCUT2D eigenvalue weighted by atomic mass is 15.1. The van der Waals surface area contributed by atoms with Crippen LogP contribution in [0.4, 0.5) is 0 Å². The summed E-state index contributed by atoms with van der Waals surface area (Å²) >= 11 is 0. The Morgan fingerprint density at radius 1 is 1.05 bits per heavy atom. The summed E-state index contributed by atoms with van der Waals surface area (Å²) in [5.41, 5.74) is 11.4. The number of aryl methyl sites for hydroxylation is 2. The molecular formula is C19H26N2. The van der Waals surface area contributed by atoms with Crippen LogP contribution in [0.15, 0.2) is 48.5 Å². The van der Waals surface area contributed by atoms with Crippen molar-refractivity contribution in [2.24, 2.45) is 5.73 Å². The van der Waals surface area contributed by atoms with Crippen molar-refractivity contribution in [1.29, 1.82) is 0 Å². The monoisotopic (exact) mass is 282 g/mol. The number of nitrogens with zero attached hydrogens (tertiary/aromatic N) is 1. The highest BCUT2D eigenvalue weighted by Gasteiger charge is 2.16. The lowest BCUT2D eigenvalue weighted by Crippen LogP contribution is -2.30. The molecule has 0 spiro atoms. The van der Waals surface area contributed by atoms with Crippen molar-refractivity contribution in [2.75, 3.05) is 13.6 Å². The minimum absolute atomic E-state index is 0.260. The molecule has 0 amide bonds. The fraction of sp³-hybridized carbons (Fsp3) is 0.368. The summed E-state index contributed by atoms with van der Waals surface area (Å²) in [5, 5.41) is 0. The van der Waals surface area contributed by atoms with Crippen LogP contribution in [0.2, 0.25) is 0 Å². The molecule has 0 aliphatic heterocycles. The zero-order valence-electron chi connectivity index (χ0n) is 13.3. The Labute approximate surface area is 128 Å². The van der Waals surface area contributed by atoms with Crippen molar-refractivity contribution < 1.29 is 0 Å². The molecule has 2 aromatic rings. The van der Waals surface area contributed by atoms with Gasteiger partial charge in [0.15, 0.2) is 0 Å². The van der Waals surface area contributed by atoms with Gasteiger partial charge in [0.05, 0.1) is 0 Å². The van der Waals surface area contributed by atoms with Gasteiger partial charge in [-0.15, -0.1) is 0 Å². The number of hydrogen-bond acceptors (Lipinski definition) is 2. The molecule has 0 aliphatic rings. The van der Waals surface area contributed by atoms with E-state index in [1.807, 2.05) is 0 Å². The van der Waals surface area contributed by atoms with Crippen molar-refractivity contribution >= 4 is 0 Å². The van der Waals surface area contributed by atoms with Crippen LogP contribution < -0.4 is 5.73 Å². The van der Waals surface area contributed by atoms with Gasteiger partial charge < -0.3 is 5.73 Å². The van der Waals surface area contributed by atoms with Gasteiger partial charge in [-0.05, 0) is 42.6 Å². The molecule has 0 fully saturated rings. The maximum Gasteiger partial charge on any atom is 0.0470 e. The first-order valence-electron chi connectivity index (χ1n) is 7.69. The summed E-state index contributed by atoms with van der Waals surface area (Å²) in [7, 11) is 2.15. The topological polar surface area (TPSA) is 29.3 Å². The average molecular weight is 282 g/mol. The van der Waals surface area contributed by atoms with Crippen LogP contribution >= 0.6 is 0 Å². The molecule has 1 atom stereocenters. The highest BCUT2D eigenvalue weighted by Crippen LogP contribution is 2.22. The molecule has 0 bridgehead atoms. The third kappa shape index (κ3) is 3.93.